The van der Waals surface area contributed by atoms with Crippen molar-refractivity contribution in [2.24, 2.45) is 0 Å². The monoisotopic (exact) mass is 167 g/mol. The summed E-state index contributed by atoms with van der Waals surface area (Å²) < 4.78 is 2.86. The number of nitrogens with zero attached hydrogens (tertiary/aromatic N) is 2. The summed E-state index contributed by atoms with van der Waals surface area (Å²) in [5.41, 5.74) is -0.185. The van der Waals surface area contributed by atoms with E-state index in [1.54, 1.807) is 22.9 Å². The molecule has 12 heavy (non-hydrogen) atoms. The van der Waals surface area contributed by atoms with Gasteiger partial charge in [0.2, 0.25) is 0 Å². The van der Waals surface area contributed by atoms with Crippen LogP contribution in [0.3, 0.4) is 0 Å². The normalized spacial score (nSPS) is 9.17. The van der Waals surface area contributed by atoms with Gasteiger partial charge in [-0.1, -0.05) is 6.07 Å². The lowest BCUT2D eigenvalue weighted by Crippen LogP contribution is -2.26. The molecule has 1 heterocycles. The third-order valence-electron chi connectivity index (χ3n) is 1.16. The lowest BCUT2D eigenvalue weighted by atomic mass is 10.5. The van der Waals surface area contributed by atoms with Gasteiger partial charge in [0.25, 0.3) is 5.56 Å². The Balaban J connectivity index is 2.84. The van der Waals surface area contributed by atoms with Crippen molar-refractivity contribution in [3.8, 4) is 0 Å². The second-order valence-corrected chi connectivity index (χ2v) is 2.54. The highest BCUT2D eigenvalue weighted by molar-refractivity contribution is 5.39. The molecule has 0 fully saturated rings. The second-order valence-electron chi connectivity index (χ2n) is 2.54. The molecule has 0 radical (unpaired) electrons. The Morgan fingerprint density at radius 3 is 2.83 bits per heavy atom. The predicted octanol–water partition coefficient (Wildman–Crippen LogP) is -0.423. The first kappa shape index (κ1) is 8.52. The van der Waals surface area contributed by atoms with Crippen molar-refractivity contribution in [3.63, 3.8) is 0 Å². The van der Waals surface area contributed by atoms with Gasteiger partial charge in [0, 0.05) is 12.3 Å². The summed E-state index contributed by atoms with van der Waals surface area (Å²) in [6.45, 7) is 0. The van der Waals surface area contributed by atoms with Gasteiger partial charge in [-0.3, -0.25) is 4.79 Å². The molecule has 64 valence electrons. The van der Waals surface area contributed by atoms with Crippen LogP contribution in [-0.2, 0) is 0 Å². The van der Waals surface area contributed by atoms with Gasteiger partial charge in [0.1, 0.15) is 14.1 Å². The van der Waals surface area contributed by atoms with E-state index in [0.29, 0.717) is 0 Å². The van der Waals surface area contributed by atoms with Crippen molar-refractivity contribution in [1.82, 2.24) is 4.73 Å². The lowest BCUT2D eigenvalue weighted by Gasteiger charge is -1.98. The van der Waals surface area contributed by atoms with Gasteiger partial charge in [0.05, 0.1) is 0 Å². The van der Waals surface area contributed by atoms with Crippen LogP contribution >= 0.6 is 0 Å². The molecule has 4 heteroatoms. The molecule has 0 saturated heterocycles. The first-order chi connectivity index (χ1) is 5.70. The van der Waals surface area contributed by atoms with E-state index in [-0.39, 0.29) is 5.56 Å². The molecule has 0 aromatic carbocycles. The van der Waals surface area contributed by atoms with Crippen LogP contribution in [-0.4, -0.2) is 29.8 Å². The fraction of sp³-hybridized carbons (Fsp3) is 0.250. The summed E-state index contributed by atoms with van der Waals surface area (Å²) in [4.78, 5) is 16.0. The number of rotatable bonds is 2. The predicted molar refractivity (Wildman–Crippen MR) is 45.5 cm³/mol. The Morgan fingerprint density at radius 1 is 1.50 bits per heavy atom. The Kier molecular flexibility index (Phi) is 2.63. The minimum absolute atomic E-state index is 0.185. The Labute approximate surface area is 70.3 Å². The zero-order valence-electron chi connectivity index (χ0n) is 7.10. The highest BCUT2D eigenvalue weighted by Crippen LogP contribution is 1.75. The maximum absolute atomic E-state index is 11.0. The molecule has 1 aromatic heterocycles. The number of pyridine rings is 1. The van der Waals surface area contributed by atoms with E-state index >= 15 is 0 Å². The van der Waals surface area contributed by atoms with E-state index in [4.69, 9.17) is 4.84 Å². The van der Waals surface area contributed by atoms with Gasteiger partial charge in [-0.25, -0.2) is 4.58 Å². The van der Waals surface area contributed by atoms with Crippen LogP contribution in [0.5, 0.6) is 0 Å². The quantitative estimate of drug-likeness (QED) is 0.340. The first-order valence-electron chi connectivity index (χ1n) is 3.55. The zero-order valence-corrected chi connectivity index (χ0v) is 7.10. The topological polar surface area (TPSA) is 34.2 Å². The van der Waals surface area contributed by atoms with Crippen LogP contribution in [0.2, 0.25) is 0 Å². The smallest absolute Gasteiger partial charge is 0.316 e. The minimum Gasteiger partial charge on any atom is -0.316 e. The summed E-state index contributed by atoms with van der Waals surface area (Å²) in [6.07, 6.45) is 3.00. The van der Waals surface area contributed by atoms with Crippen molar-refractivity contribution in [3.05, 3.63) is 34.7 Å². The average molecular weight is 167 g/mol. The van der Waals surface area contributed by atoms with Crippen LogP contribution in [0.1, 0.15) is 0 Å². The Hall–Kier alpha value is -1.58. The summed E-state index contributed by atoms with van der Waals surface area (Å²) in [5.74, 6) is 0. The highest BCUT2D eigenvalue weighted by atomic mass is 16.7. The molecular weight excluding hydrogens is 156 g/mol. The van der Waals surface area contributed by atoms with Crippen molar-refractivity contribution in [1.29, 1.82) is 0 Å². The van der Waals surface area contributed by atoms with Crippen LogP contribution in [0, 0.1) is 0 Å². The van der Waals surface area contributed by atoms with Crippen molar-refractivity contribution in [2.75, 3.05) is 14.1 Å². The maximum Gasteiger partial charge on any atom is 0.349 e. The number of hydrogen-bond acceptors (Lipinski definition) is 2. The Morgan fingerprint density at radius 2 is 2.25 bits per heavy atom. The van der Waals surface area contributed by atoms with Crippen LogP contribution in [0.25, 0.3) is 0 Å². The molecule has 0 aliphatic heterocycles. The van der Waals surface area contributed by atoms with Gasteiger partial charge < -0.3 is 4.84 Å². The molecule has 1 rings (SSSR count). The molecule has 0 unspecified atom stereocenters. The van der Waals surface area contributed by atoms with Crippen molar-refractivity contribution >= 4 is 6.40 Å². The fourth-order valence-corrected chi connectivity index (χ4v) is 0.645. The number of aromatic nitrogens is 1. The standard InChI is InChI=1S/C8H11N2O2/c1-9(2)7-12-10-6-4-3-5-8(10)11/h3-7H,1-2H3/q+1. The van der Waals surface area contributed by atoms with Crippen molar-refractivity contribution < 1.29 is 9.41 Å². The van der Waals surface area contributed by atoms with Gasteiger partial charge in [-0.15, -0.1) is 4.73 Å². The SMILES string of the molecule is C[N+](C)=COn1ccccc1=O. The maximum atomic E-state index is 11.0. The van der Waals surface area contributed by atoms with Gasteiger partial charge in [-0.05, 0) is 6.07 Å². The van der Waals surface area contributed by atoms with E-state index in [0.717, 1.165) is 4.73 Å². The Bertz CT molecular complexity index is 337. The summed E-state index contributed by atoms with van der Waals surface area (Å²) in [6, 6.07) is 4.83. The molecule has 0 aliphatic carbocycles. The summed E-state index contributed by atoms with van der Waals surface area (Å²) >= 11 is 0. The third kappa shape index (κ3) is 2.23. The van der Waals surface area contributed by atoms with E-state index in [1.807, 2.05) is 14.1 Å². The second kappa shape index (κ2) is 3.71. The molecule has 0 aliphatic rings. The van der Waals surface area contributed by atoms with E-state index in [1.165, 1.54) is 12.5 Å². The molecule has 4 nitrogen and oxygen atoms in total. The van der Waals surface area contributed by atoms with E-state index in [2.05, 4.69) is 0 Å². The highest BCUT2D eigenvalue weighted by Gasteiger charge is 1.92. The van der Waals surface area contributed by atoms with E-state index in [9.17, 15) is 4.79 Å². The molecule has 1 aromatic rings. The third-order valence-corrected chi connectivity index (χ3v) is 1.16. The first-order valence-corrected chi connectivity index (χ1v) is 3.55. The zero-order chi connectivity index (χ0) is 8.97. The summed E-state index contributed by atoms with van der Waals surface area (Å²) in [5, 5.41) is 0. The molecule has 0 amide bonds. The molecule has 0 N–H and O–H groups in total. The lowest BCUT2D eigenvalue weighted by molar-refractivity contribution is -0.468. The van der Waals surface area contributed by atoms with Crippen molar-refractivity contribution in [2.45, 2.75) is 0 Å². The molecular formula is C8H11N2O2+. The van der Waals surface area contributed by atoms with Crippen LogP contribution in [0.4, 0.5) is 0 Å². The average Bonchev–Trinajstić information content (AvgIpc) is 2.03. The molecule has 0 bridgehead atoms. The van der Waals surface area contributed by atoms with E-state index < -0.39 is 0 Å². The van der Waals surface area contributed by atoms with Gasteiger partial charge in [0.15, 0.2) is 0 Å². The fourth-order valence-electron chi connectivity index (χ4n) is 0.645. The summed E-state index contributed by atoms with van der Waals surface area (Å²) in [7, 11) is 3.63. The molecule has 0 saturated carbocycles. The largest absolute Gasteiger partial charge is 0.349 e. The van der Waals surface area contributed by atoms with Crippen LogP contribution < -0.4 is 10.4 Å². The molecule has 0 atom stereocenters. The molecule has 0 spiro atoms. The van der Waals surface area contributed by atoms with Gasteiger partial charge in [-0.2, -0.15) is 0 Å². The minimum atomic E-state index is -0.185. The van der Waals surface area contributed by atoms with Gasteiger partial charge >= 0.3 is 6.40 Å². The number of hydrogen-bond donors (Lipinski definition) is 0. The van der Waals surface area contributed by atoms with Crippen LogP contribution in [0.15, 0.2) is 29.2 Å².